The maximum absolute atomic E-state index is 8.64. The first-order valence-corrected chi connectivity index (χ1v) is 7.25. The van der Waals surface area contributed by atoms with Gasteiger partial charge in [-0.05, 0) is 43.5 Å². The molecule has 0 aromatic heterocycles. The van der Waals surface area contributed by atoms with Crippen LogP contribution in [0.5, 0.6) is 5.75 Å². The lowest BCUT2D eigenvalue weighted by atomic mass is 10.1. The van der Waals surface area contributed by atoms with Crippen LogP contribution in [0.2, 0.25) is 0 Å². The monoisotopic (exact) mass is 273 g/mol. The molecule has 1 fully saturated rings. The molecule has 0 radical (unpaired) electrons. The highest BCUT2D eigenvalue weighted by atomic mass is 16.5. The highest BCUT2D eigenvalue weighted by Crippen LogP contribution is 2.21. The molecular formula is C17H23NO2. The topological polar surface area (TPSA) is 32.7 Å². The van der Waals surface area contributed by atoms with Crippen molar-refractivity contribution in [3.8, 4) is 17.6 Å². The summed E-state index contributed by atoms with van der Waals surface area (Å²) >= 11 is 0. The molecule has 2 rings (SSSR count). The van der Waals surface area contributed by atoms with Crippen LogP contribution in [0.1, 0.15) is 25.8 Å². The molecule has 20 heavy (non-hydrogen) atoms. The molecule has 0 saturated carbocycles. The fourth-order valence-corrected chi connectivity index (χ4v) is 2.75. The molecule has 108 valence electrons. The van der Waals surface area contributed by atoms with E-state index < -0.39 is 0 Å². The Balaban J connectivity index is 1.77. The smallest absolute Gasteiger partial charge is 0.119 e. The van der Waals surface area contributed by atoms with Crippen LogP contribution in [0.15, 0.2) is 24.3 Å². The third-order valence-electron chi connectivity index (χ3n) is 3.73. The predicted octanol–water partition coefficient (Wildman–Crippen LogP) is 2.14. The van der Waals surface area contributed by atoms with E-state index in [-0.39, 0.29) is 6.61 Å². The summed E-state index contributed by atoms with van der Waals surface area (Å²) in [6.07, 6.45) is 1.29. The second-order valence-corrected chi connectivity index (χ2v) is 5.52. The van der Waals surface area contributed by atoms with Crippen LogP contribution in [0, 0.1) is 17.8 Å². The van der Waals surface area contributed by atoms with E-state index in [0.717, 1.165) is 30.4 Å². The van der Waals surface area contributed by atoms with Gasteiger partial charge in [-0.2, -0.15) is 0 Å². The van der Waals surface area contributed by atoms with Gasteiger partial charge in [0.2, 0.25) is 0 Å². The first-order valence-electron chi connectivity index (χ1n) is 7.25. The molecule has 1 saturated heterocycles. The Morgan fingerprint density at radius 2 is 2.05 bits per heavy atom. The van der Waals surface area contributed by atoms with Crippen LogP contribution in [0.4, 0.5) is 0 Å². The highest BCUT2D eigenvalue weighted by molar-refractivity contribution is 5.38. The maximum atomic E-state index is 8.64. The van der Waals surface area contributed by atoms with E-state index in [1.807, 2.05) is 24.3 Å². The van der Waals surface area contributed by atoms with Gasteiger partial charge in [0.15, 0.2) is 0 Å². The molecule has 0 aliphatic carbocycles. The Kier molecular flexibility index (Phi) is 5.46. The maximum Gasteiger partial charge on any atom is 0.119 e. The third-order valence-corrected chi connectivity index (χ3v) is 3.73. The SMILES string of the molecule is CC1CC(C)N(CCOc2ccc(C#CCO)cc2)C1. The van der Waals surface area contributed by atoms with E-state index in [1.54, 1.807) is 0 Å². The van der Waals surface area contributed by atoms with Gasteiger partial charge in [0.25, 0.3) is 0 Å². The minimum absolute atomic E-state index is 0.106. The van der Waals surface area contributed by atoms with Crippen molar-refractivity contribution in [1.82, 2.24) is 4.90 Å². The number of hydrogen-bond acceptors (Lipinski definition) is 3. The Hall–Kier alpha value is -1.50. The summed E-state index contributed by atoms with van der Waals surface area (Å²) in [6.45, 7) is 7.38. The standard InChI is InChI=1S/C17H23NO2/c1-14-12-15(2)18(13-14)9-11-20-17-7-5-16(6-8-17)4-3-10-19/h5-8,14-15,19H,9-13H2,1-2H3. The van der Waals surface area contributed by atoms with Gasteiger partial charge >= 0.3 is 0 Å². The van der Waals surface area contributed by atoms with Crippen molar-refractivity contribution in [3.63, 3.8) is 0 Å². The number of aliphatic hydroxyl groups is 1. The molecule has 0 amide bonds. The lowest BCUT2D eigenvalue weighted by Gasteiger charge is -2.20. The van der Waals surface area contributed by atoms with Gasteiger partial charge in [-0.1, -0.05) is 18.8 Å². The van der Waals surface area contributed by atoms with Crippen molar-refractivity contribution in [3.05, 3.63) is 29.8 Å². The first-order chi connectivity index (χ1) is 9.69. The van der Waals surface area contributed by atoms with E-state index in [9.17, 15) is 0 Å². The van der Waals surface area contributed by atoms with Crippen molar-refractivity contribution < 1.29 is 9.84 Å². The molecule has 3 nitrogen and oxygen atoms in total. The Labute approximate surface area is 121 Å². The Morgan fingerprint density at radius 3 is 2.65 bits per heavy atom. The van der Waals surface area contributed by atoms with Gasteiger partial charge in [0, 0.05) is 24.7 Å². The lowest BCUT2D eigenvalue weighted by molar-refractivity contribution is 0.202. The molecule has 1 aromatic rings. The molecular weight excluding hydrogens is 250 g/mol. The van der Waals surface area contributed by atoms with Crippen molar-refractivity contribution in [2.75, 3.05) is 26.3 Å². The number of aliphatic hydroxyl groups excluding tert-OH is 1. The zero-order valence-electron chi connectivity index (χ0n) is 12.3. The molecule has 1 heterocycles. The highest BCUT2D eigenvalue weighted by Gasteiger charge is 2.25. The van der Waals surface area contributed by atoms with Gasteiger partial charge in [-0.15, -0.1) is 0 Å². The van der Waals surface area contributed by atoms with Crippen LogP contribution in [-0.2, 0) is 0 Å². The van der Waals surface area contributed by atoms with Crippen LogP contribution < -0.4 is 4.74 Å². The quantitative estimate of drug-likeness (QED) is 0.853. The summed E-state index contributed by atoms with van der Waals surface area (Å²) < 4.78 is 5.77. The normalized spacial score (nSPS) is 22.4. The summed E-state index contributed by atoms with van der Waals surface area (Å²) in [6, 6.07) is 8.36. The van der Waals surface area contributed by atoms with Crippen molar-refractivity contribution >= 4 is 0 Å². The van der Waals surface area contributed by atoms with E-state index in [4.69, 9.17) is 9.84 Å². The molecule has 1 aliphatic rings. The summed E-state index contributed by atoms with van der Waals surface area (Å²) in [4.78, 5) is 2.49. The average molecular weight is 273 g/mol. The summed E-state index contributed by atoms with van der Waals surface area (Å²) in [5.74, 6) is 7.18. The van der Waals surface area contributed by atoms with E-state index >= 15 is 0 Å². The zero-order valence-corrected chi connectivity index (χ0v) is 12.3. The Bertz CT molecular complexity index is 472. The molecule has 1 aliphatic heterocycles. The van der Waals surface area contributed by atoms with E-state index in [0.29, 0.717) is 6.04 Å². The molecule has 0 bridgehead atoms. The lowest BCUT2D eigenvalue weighted by Crippen LogP contribution is -2.31. The number of hydrogen-bond donors (Lipinski definition) is 1. The minimum atomic E-state index is -0.106. The zero-order chi connectivity index (χ0) is 14.4. The van der Waals surface area contributed by atoms with Gasteiger partial charge in [-0.25, -0.2) is 0 Å². The molecule has 1 aromatic carbocycles. The summed E-state index contributed by atoms with van der Waals surface area (Å²) in [7, 11) is 0. The number of benzene rings is 1. The van der Waals surface area contributed by atoms with Crippen LogP contribution in [0.25, 0.3) is 0 Å². The van der Waals surface area contributed by atoms with Crippen molar-refractivity contribution in [1.29, 1.82) is 0 Å². The fraction of sp³-hybridized carbons (Fsp3) is 0.529. The summed E-state index contributed by atoms with van der Waals surface area (Å²) in [5, 5.41) is 8.64. The molecule has 2 unspecified atom stereocenters. The Morgan fingerprint density at radius 1 is 1.30 bits per heavy atom. The number of likely N-dealkylation sites (tertiary alicyclic amines) is 1. The van der Waals surface area contributed by atoms with E-state index in [2.05, 4.69) is 30.6 Å². The average Bonchev–Trinajstić information content (AvgIpc) is 2.76. The third kappa shape index (κ3) is 4.26. The van der Waals surface area contributed by atoms with Gasteiger partial charge in [-0.3, -0.25) is 4.90 Å². The van der Waals surface area contributed by atoms with Crippen LogP contribution in [0.3, 0.4) is 0 Å². The molecule has 2 atom stereocenters. The van der Waals surface area contributed by atoms with E-state index in [1.165, 1.54) is 13.0 Å². The largest absolute Gasteiger partial charge is 0.492 e. The number of rotatable bonds is 4. The van der Waals surface area contributed by atoms with Crippen molar-refractivity contribution in [2.45, 2.75) is 26.3 Å². The van der Waals surface area contributed by atoms with Crippen LogP contribution >= 0.6 is 0 Å². The van der Waals surface area contributed by atoms with Crippen molar-refractivity contribution in [2.24, 2.45) is 5.92 Å². The molecule has 3 heteroatoms. The first kappa shape index (κ1) is 14.9. The number of ether oxygens (including phenoxy) is 1. The second kappa shape index (κ2) is 7.33. The predicted molar refractivity (Wildman–Crippen MR) is 80.7 cm³/mol. The fourth-order valence-electron chi connectivity index (χ4n) is 2.75. The van der Waals surface area contributed by atoms with Gasteiger partial charge < -0.3 is 9.84 Å². The van der Waals surface area contributed by atoms with Gasteiger partial charge in [0.05, 0.1) is 0 Å². The minimum Gasteiger partial charge on any atom is -0.492 e. The number of nitrogens with zero attached hydrogens (tertiary/aromatic N) is 1. The molecule has 0 spiro atoms. The van der Waals surface area contributed by atoms with Gasteiger partial charge in [0.1, 0.15) is 19.0 Å². The molecule has 1 N–H and O–H groups in total. The summed E-state index contributed by atoms with van der Waals surface area (Å²) in [5.41, 5.74) is 0.897. The van der Waals surface area contributed by atoms with Crippen LogP contribution in [-0.4, -0.2) is 42.4 Å². The second-order valence-electron chi connectivity index (χ2n) is 5.52.